The van der Waals surface area contributed by atoms with Crippen molar-refractivity contribution in [1.82, 2.24) is 0 Å². The zero-order valence-electron chi connectivity index (χ0n) is 10.5. The molecule has 1 unspecified atom stereocenters. The average Bonchev–Trinajstić information content (AvgIpc) is 2.92. The summed E-state index contributed by atoms with van der Waals surface area (Å²) in [7, 11) is 1.62. The topological polar surface area (TPSA) is 47.9 Å². The van der Waals surface area contributed by atoms with Gasteiger partial charge in [0.25, 0.3) is 0 Å². The molecular weight excluding hydrogens is 232 g/mol. The second kappa shape index (κ2) is 4.44. The minimum atomic E-state index is -0.719. The summed E-state index contributed by atoms with van der Waals surface area (Å²) in [6, 6.07) is 5.67. The van der Waals surface area contributed by atoms with Crippen molar-refractivity contribution < 1.29 is 19.3 Å². The molecule has 98 valence electrons. The molecular formula is C14H18O4. The molecule has 4 heteroatoms. The highest BCUT2D eigenvalue weighted by Gasteiger charge is 2.45. The molecule has 0 aromatic heterocycles. The van der Waals surface area contributed by atoms with E-state index in [1.54, 1.807) is 7.11 Å². The molecule has 1 aromatic carbocycles. The maximum Gasteiger partial charge on any atom is 0.167 e. The number of ether oxygens (including phenoxy) is 3. The smallest absolute Gasteiger partial charge is 0.167 e. The van der Waals surface area contributed by atoms with Crippen molar-refractivity contribution in [2.45, 2.75) is 31.0 Å². The van der Waals surface area contributed by atoms with E-state index in [0.29, 0.717) is 18.1 Å². The van der Waals surface area contributed by atoms with Gasteiger partial charge in [0.2, 0.25) is 0 Å². The van der Waals surface area contributed by atoms with Gasteiger partial charge in [0, 0.05) is 12.0 Å². The lowest BCUT2D eigenvalue weighted by molar-refractivity contribution is 0.121. The number of rotatable bonds is 4. The SMILES string of the molecule is COc1cccc(C2(O)CC2)c1OC1CCOC1. The zero-order valence-corrected chi connectivity index (χ0v) is 10.5. The highest BCUT2D eigenvalue weighted by atomic mass is 16.6. The number of aliphatic hydroxyl groups is 1. The molecule has 1 heterocycles. The first-order chi connectivity index (χ1) is 8.73. The lowest BCUT2D eigenvalue weighted by Crippen LogP contribution is -2.19. The molecule has 2 aliphatic rings. The summed E-state index contributed by atoms with van der Waals surface area (Å²) in [6.45, 7) is 1.34. The Kier molecular flexibility index (Phi) is 2.92. The maximum absolute atomic E-state index is 10.3. The van der Waals surface area contributed by atoms with E-state index >= 15 is 0 Å². The predicted molar refractivity (Wildman–Crippen MR) is 66.0 cm³/mol. The van der Waals surface area contributed by atoms with Crippen LogP contribution in [0.4, 0.5) is 0 Å². The molecule has 1 atom stereocenters. The molecule has 0 bridgehead atoms. The summed E-state index contributed by atoms with van der Waals surface area (Å²) >= 11 is 0. The van der Waals surface area contributed by atoms with E-state index in [4.69, 9.17) is 14.2 Å². The van der Waals surface area contributed by atoms with E-state index in [1.807, 2.05) is 18.2 Å². The lowest BCUT2D eigenvalue weighted by atomic mass is 10.1. The predicted octanol–water partition coefficient (Wildman–Crippen LogP) is 1.84. The number of hydrogen-bond acceptors (Lipinski definition) is 4. The van der Waals surface area contributed by atoms with Crippen LogP contribution in [0.2, 0.25) is 0 Å². The number of hydrogen-bond donors (Lipinski definition) is 1. The third kappa shape index (κ3) is 2.06. The summed E-state index contributed by atoms with van der Waals surface area (Å²) < 4.78 is 16.6. The first-order valence-corrected chi connectivity index (χ1v) is 6.37. The molecule has 0 amide bonds. The van der Waals surface area contributed by atoms with Crippen molar-refractivity contribution in [3.05, 3.63) is 23.8 Å². The standard InChI is InChI=1S/C14H18O4/c1-16-12-4-2-3-11(14(15)6-7-14)13(12)18-10-5-8-17-9-10/h2-4,10,15H,5-9H2,1H3. The van der Waals surface area contributed by atoms with Gasteiger partial charge in [-0.1, -0.05) is 12.1 Å². The molecule has 1 saturated carbocycles. The van der Waals surface area contributed by atoms with E-state index in [0.717, 1.165) is 31.4 Å². The fourth-order valence-electron chi connectivity index (χ4n) is 2.32. The largest absolute Gasteiger partial charge is 0.493 e. The van der Waals surface area contributed by atoms with Crippen LogP contribution < -0.4 is 9.47 Å². The quantitative estimate of drug-likeness (QED) is 0.886. The fourth-order valence-corrected chi connectivity index (χ4v) is 2.32. The normalized spacial score (nSPS) is 24.9. The third-order valence-corrected chi connectivity index (χ3v) is 3.60. The summed E-state index contributed by atoms with van der Waals surface area (Å²) in [5.41, 5.74) is 0.123. The van der Waals surface area contributed by atoms with Crippen molar-refractivity contribution in [2.75, 3.05) is 20.3 Å². The van der Waals surface area contributed by atoms with Crippen LogP contribution in [0.3, 0.4) is 0 Å². The van der Waals surface area contributed by atoms with Crippen LogP contribution in [0.1, 0.15) is 24.8 Å². The average molecular weight is 250 g/mol. The Balaban J connectivity index is 1.93. The van der Waals surface area contributed by atoms with E-state index in [-0.39, 0.29) is 6.10 Å². The first kappa shape index (κ1) is 11.8. The molecule has 2 fully saturated rings. The van der Waals surface area contributed by atoms with E-state index in [2.05, 4.69) is 0 Å². The summed E-state index contributed by atoms with van der Waals surface area (Å²) in [5.74, 6) is 1.36. The Morgan fingerprint density at radius 1 is 1.39 bits per heavy atom. The Morgan fingerprint density at radius 3 is 2.83 bits per heavy atom. The third-order valence-electron chi connectivity index (χ3n) is 3.60. The van der Waals surface area contributed by atoms with Crippen LogP contribution in [0.5, 0.6) is 11.5 Å². The van der Waals surface area contributed by atoms with Gasteiger partial charge in [0.15, 0.2) is 11.5 Å². The van der Waals surface area contributed by atoms with Crippen LogP contribution in [0.15, 0.2) is 18.2 Å². The van der Waals surface area contributed by atoms with Crippen molar-refractivity contribution >= 4 is 0 Å². The number of para-hydroxylation sites is 1. The molecule has 0 radical (unpaired) electrons. The van der Waals surface area contributed by atoms with Crippen LogP contribution in [0, 0.1) is 0 Å². The van der Waals surface area contributed by atoms with E-state index in [9.17, 15) is 5.11 Å². The highest BCUT2D eigenvalue weighted by molar-refractivity contribution is 5.51. The van der Waals surface area contributed by atoms with E-state index < -0.39 is 5.60 Å². The first-order valence-electron chi connectivity index (χ1n) is 6.37. The van der Waals surface area contributed by atoms with Gasteiger partial charge in [0.1, 0.15) is 6.10 Å². The van der Waals surface area contributed by atoms with Crippen molar-refractivity contribution in [3.8, 4) is 11.5 Å². The second-order valence-corrected chi connectivity index (χ2v) is 4.97. The van der Waals surface area contributed by atoms with Gasteiger partial charge in [-0.2, -0.15) is 0 Å². The van der Waals surface area contributed by atoms with Gasteiger partial charge in [-0.25, -0.2) is 0 Å². The Morgan fingerprint density at radius 2 is 2.22 bits per heavy atom. The molecule has 1 N–H and O–H groups in total. The van der Waals surface area contributed by atoms with Crippen LogP contribution in [0.25, 0.3) is 0 Å². The van der Waals surface area contributed by atoms with Gasteiger partial charge >= 0.3 is 0 Å². The minimum absolute atomic E-state index is 0.0578. The van der Waals surface area contributed by atoms with Crippen molar-refractivity contribution in [1.29, 1.82) is 0 Å². The Labute approximate surface area is 106 Å². The monoisotopic (exact) mass is 250 g/mol. The van der Waals surface area contributed by atoms with Gasteiger partial charge in [-0.15, -0.1) is 0 Å². The summed E-state index contributed by atoms with van der Waals surface area (Å²) in [5, 5.41) is 10.3. The fraction of sp³-hybridized carbons (Fsp3) is 0.571. The van der Waals surface area contributed by atoms with Crippen molar-refractivity contribution in [2.24, 2.45) is 0 Å². The van der Waals surface area contributed by atoms with Gasteiger partial charge < -0.3 is 19.3 Å². The number of benzene rings is 1. The van der Waals surface area contributed by atoms with Crippen molar-refractivity contribution in [3.63, 3.8) is 0 Å². The molecule has 3 rings (SSSR count). The Bertz CT molecular complexity index is 433. The zero-order chi connectivity index (χ0) is 12.6. The molecule has 1 aliphatic carbocycles. The van der Waals surface area contributed by atoms with E-state index in [1.165, 1.54) is 0 Å². The highest BCUT2D eigenvalue weighted by Crippen LogP contribution is 2.51. The van der Waals surface area contributed by atoms with Gasteiger partial charge in [-0.3, -0.25) is 0 Å². The van der Waals surface area contributed by atoms with Gasteiger partial charge in [-0.05, 0) is 18.9 Å². The maximum atomic E-state index is 10.3. The number of methoxy groups -OCH3 is 1. The molecule has 1 aromatic rings. The van der Waals surface area contributed by atoms with Gasteiger partial charge in [0.05, 0.1) is 25.9 Å². The van der Waals surface area contributed by atoms with Crippen LogP contribution in [-0.4, -0.2) is 31.5 Å². The Hall–Kier alpha value is -1.26. The van der Waals surface area contributed by atoms with Crippen LogP contribution >= 0.6 is 0 Å². The minimum Gasteiger partial charge on any atom is -0.493 e. The molecule has 0 spiro atoms. The molecule has 4 nitrogen and oxygen atoms in total. The summed E-state index contributed by atoms with van der Waals surface area (Å²) in [6.07, 6.45) is 2.52. The summed E-state index contributed by atoms with van der Waals surface area (Å²) in [4.78, 5) is 0. The molecule has 18 heavy (non-hydrogen) atoms. The lowest BCUT2D eigenvalue weighted by Gasteiger charge is -2.20. The second-order valence-electron chi connectivity index (χ2n) is 4.97. The van der Waals surface area contributed by atoms with Crippen LogP contribution in [-0.2, 0) is 10.3 Å². The molecule has 1 saturated heterocycles. The molecule has 1 aliphatic heterocycles.